The van der Waals surface area contributed by atoms with Crippen molar-refractivity contribution in [1.29, 1.82) is 0 Å². The molecule has 1 rings (SSSR count). The molecule has 1 N–H and O–H groups in total. The Balaban J connectivity index is 2.57. The summed E-state index contributed by atoms with van der Waals surface area (Å²) in [6.45, 7) is 6.44. The van der Waals surface area contributed by atoms with Gasteiger partial charge in [-0.2, -0.15) is 0 Å². The monoisotopic (exact) mass is 603 g/mol. The number of unbranched alkanes of at least 4 members (excludes halogenated alkanes) is 20. The smallest absolute Gasteiger partial charge is 0.329 e. The largest absolute Gasteiger partial charge is 0.464 e. The molecule has 1 aromatic rings. The maximum Gasteiger partial charge on any atom is 0.329 e. The van der Waals surface area contributed by atoms with Crippen LogP contribution in [-0.2, 0) is 25.5 Å². The molecule has 0 saturated carbocycles. The van der Waals surface area contributed by atoms with Gasteiger partial charge < -0.3 is 9.72 Å². The molecule has 0 aliphatic heterocycles. The third-order valence-electron chi connectivity index (χ3n) is 8.36. The van der Waals surface area contributed by atoms with Crippen LogP contribution in [0.3, 0.4) is 0 Å². The minimum absolute atomic E-state index is 0.187. The molecule has 0 saturated heterocycles. The minimum Gasteiger partial charge on any atom is -0.464 e. The van der Waals surface area contributed by atoms with Gasteiger partial charge in [-0.1, -0.05) is 142 Å². The lowest BCUT2D eigenvalue weighted by atomic mass is 10.0. The summed E-state index contributed by atoms with van der Waals surface area (Å²) in [6, 6.07) is -0.971. The summed E-state index contributed by atoms with van der Waals surface area (Å²) in [7, 11) is 0. The number of nitrogens with one attached hydrogen (secondary N) is 1. The first-order valence-corrected chi connectivity index (χ1v) is 18.0. The molecule has 7 nitrogen and oxygen atoms in total. The fourth-order valence-electron chi connectivity index (χ4n) is 5.73. The summed E-state index contributed by atoms with van der Waals surface area (Å²) >= 11 is 0. The number of H-pyrrole nitrogens is 1. The molecule has 43 heavy (non-hydrogen) atoms. The topological polar surface area (TPSA) is 92.4 Å². The van der Waals surface area contributed by atoms with E-state index in [1.165, 1.54) is 108 Å². The number of rotatable bonds is 29. The Hall–Kier alpha value is -2.18. The van der Waals surface area contributed by atoms with Crippen molar-refractivity contribution < 1.29 is 19.1 Å². The molecule has 1 heterocycles. The number of imide groups is 1. The van der Waals surface area contributed by atoms with E-state index in [0.29, 0.717) is 5.69 Å². The number of amides is 2. The lowest BCUT2D eigenvalue weighted by Gasteiger charge is -2.28. The first kappa shape index (κ1) is 38.8. The van der Waals surface area contributed by atoms with Gasteiger partial charge in [0.25, 0.3) is 0 Å². The van der Waals surface area contributed by atoms with Gasteiger partial charge in [0.15, 0.2) is 0 Å². The van der Waals surface area contributed by atoms with E-state index in [4.69, 9.17) is 4.74 Å². The Labute approximate surface area is 263 Å². The molecule has 1 aromatic heterocycles. The van der Waals surface area contributed by atoms with E-state index < -0.39 is 12.0 Å². The van der Waals surface area contributed by atoms with Crippen LogP contribution in [0.4, 0.5) is 0 Å². The number of imidazole rings is 1. The van der Waals surface area contributed by atoms with Gasteiger partial charge in [-0.05, 0) is 19.8 Å². The van der Waals surface area contributed by atoms with Crippen molar-refractivity contribution in [2.45, 2.75) is 187 Å². The highest BCUT2D eigenvalue weighted by molar-refractivity contribution is 5.99. The van der Waals surface area contributed by atoms with Gasteiger partial charge >= 0.3 is 5.97 Å². The normalized spacial score (nSPS) is 11.9. The number of ether oxygens (including phenoxy) is 1. The molecule has 0 fully saturated rings. The van der Waals surface area contributed by atoms with E-state index in [1.54, 1.807) is 19.4 Å². The molecule has 1 atom stereocenters. The zero-order valence-electron chi connectivity index (χ0n) is 28.1. The summed E-state index contributed by atoms with van der Waals surface area (Å²) in [4.78, 5) is 48.3. The Morgan fingerprint density at radius 1 is 0.651 bits per heavy atom. The van der Waals surface area contributed by atoms with Crippen LogP contribution >= 0.6 is 0 Å². The molecule has 7 heteroatoms. The van der Waals surface area contributed by atoms with Gasteiger partial charge in [-0.3, -0.25) is 14.5 Å². The fourth-order valence-corrected chi connectivity index (χ4v) is 5.73. The van der Waals surface area contributed by atoms with E-state index in [2.05, 4.69) is 23.8 Å². The maximum absolute atomic E-state index is 13.5. The van der Waals surface area contributed by atoms with E-state index in [0.717, 1.165) is 38.5 Å². The standard InChI is InChI=1S/C36H65N3O4/c1-4-7-9-11-13-15-17-19-21-23-25-27-34(40)39(33(36(42)43-6-3)29-32-30-37-31-38-32)35(41)28-26-24-22-20-18-16-14-12-10-8-5-2/h30-31,33H,4-29H2,1-3H3,(H,37,38)/t33-/m0/s1. The Morgan fingerprint density at radius 3 is 1.40 bits per heavy atom. The van der Waals surface area contributed by atoms with Crippen LogP contribution in [0.2, 0.25) is 0 Å². The van der Waals surface area contributed by atoms with E-state index in [9.17, 15) is 14.4 Å². The third kappa shape index (κ3) is 19.7. The number of carbonyl (C=O) groups excluding carboxylic acids is 3. The van der Waals surface area contributed by atoms with Crippen LogP contribution in [-0.4, -0.2) is 45.3 Å². The lowest BCUT2D eigenvalue weighted by Crippen LogP contribution is -2.50. The predicted molar refractivity (Wildman–Crippen MR) is 177 cm³/mol. The minimum atomic E-state index is -0.971. The summed E-state index contributed by atoms with van der Waals surface area (Å²) in [5.74, 6) is -1.06. The summed E-state index contributed by atoms with van der Waals surface area (Å²) < 4.78 is 5.34. The van der Waals surface area contributed by atoms with Crippen LogP contribution in [0, 0.1) is 0 Å². The number of hydrogen-bond acceptors (Lipinski definition) is 5. The van der Waals surface area contributed by atoms with Crippen LogP contribution in [0.15, 0.2) is 12.5 Å². The highest BCUT2D eigenvalue weighted by atomic mass is 16.5. The van der Waals surface area contributed by atoms with Crippen LogP contribution in [0.25, 0.3) is 0 Å². The number of aromatic amines is 1. The Morgan fingerprint density at radius 2 is 1.05 bits per heavy atom. The average Bonchev–Trinajstić information content (AvgIpc) is 3.52. The lowest BCUT2D eigenvalue weighted by molar-refractivity contribution is -0.161. The molecule has 0 unspecified atom stereocenters. The van der Waals surface area contributed by atoms with E-state index >= 15 is 0 Å². The molecule has 2 amide bonds. The molecule has 0 radical (unpaired) electrons. The Bertz CT molecular complexity index is 773. The van der Waals surface area contributed by atoms with Crippen molar-refractivity contribution in [3.8, 4) is 0 Å². The van der Waals surface area contributed by atoms with Crippen molar-refractivity contribution in [3.05, 3.63) is 18.2 Å². The first-order valence-electron chi connectivity index (χ1n) is 18.0. The summed E-state index contributed by atoms with van der Waals surface area (Å²) in [5, 5.41) is 0. The number of aromatic nitrogens is 2. The zero-order valence-corrected chi connectivity index (χ0v) is 28.1. The SMILES string of the molecule is CCCCCCCCCCCCCC(=O)N(C(=O)CCCCCCCCCCCCC)[C@@H](Cc1cnc[nH]1)C(=O)OCC. The molecule has 0 aliphatic rings. The number of carbonyl (C=O) groups is 3. The third-order valence-corrected chi connectivity index (χ3v) is 8.36. The van der Waals surface area contributed by atoms with Gasteiger partial charge in [0, 0.05) is 31.2 Å². The van der Waals surface area contributed by atoms with Gasteiger partial charge in [-0.25, -0.2) is 9.78 Å². The second-order valence-corrected chi connectivity index (χ2v) is 12.3. The average molecular weight is 604 g/mol. The van der Waals surface area contributed by atoms with Crippen molar-refractivity contribution >= 4 is 17.8 Å². The van der Waals surface area contributed by atoms with Gasteiger partial charge in [0.05, 0.1) is 12.9 Å². The number of hydrogen-bond donors (Lipinski definition) is 1. The van der Waals surface area contributed by atoms with Crippen LogP contribution in [0.5, 0.6) is 0 Å². The highest BCUT2D eigenvalue weighted by Gasteiger charge is 2.35. The van der Waals surface area contributed by atoms with Crippen molar-refractivity contribution in [1.82, 2.24) is 14.9 Å². The molecule has 0 aliphatic carbocycles. The Kier molecular flexibility index (Phi) is 24.7. The van der Waals surface area contributed by atoms with Gasteiger partial charge in [0.1, 0.15) is 6.04 Å². The second kappa shape index (κ2) is 27.4. The van der Waals surface area contributed by atoms with Crippen LogP contribution < -0.4 is 0 Å². The van der Waals surface area contributed by atoms with Gasteiger partial charge in [-0.15, -0.1) is 0 Å². The maximum atomic E-state index is 13.5. The fraction of sp³-hybridized carbons (Fsp3) is 0.833. The zero-order chi connectivity index (χ0) is 31.4. The number of esters is 1. The molecule has 0 bridgehead atoms. The van der Waals surface area contributed by atoms with Crippen molar-refractivity contribution in [3.63, 3.8) is 0 Å². The molecular weight excluding hydrogens is 538 g/mol. The van der Waals surface area contributed by atoms with Crippen LogP contribution in [0.1, 0.15) is 181 Å². The summed E-state index contributed by atoms with van der Waals surface area (Å²) in [6.07, 6.45) is 30.2. The highest BCUT2D eigenvalue weighted by Crippen LogP contribution is 2.18. The first-order chi connectivity index (χ1) is 21.0. The van der Waals surface area contributed by atoms with Gasteiger partial charge in [0.2, 0.25) is 11.8 Å². The molecule has 248 valence electrons. The van der Waals surface area contributed by atoms with E-state index in [1.807, 2.05) is 0 Å². The summed E-state index contributed by atoms with van der Waals surface area (Å²) in [5.41, 5.74) is 0.702. The molecular formula is C36H65N3O4. The van der Waals surface area contributed by atoms with Crippen molar-refractivity contribution in [2.24, 2.45) is 0 Å². The van der Waals surface area contributed by atoms with E-state index in [-0.39, 0.29) is 37.7 Å². The second-order valence-electron chi connectivity index (χ2n) is 12.3. The predicted octanol–water partition coefficient (Wildman–Crippen LogP) is 9.64. The quantitative estimate of drug-likeness (QED) is 0.0727. The molecule has 0 aromatic carbocycles. The number of nitrogens with zero attached hydrogens (tertiary/aromatic N) is 2. The van der Waals surface area contributed by atoms with Crippen molar-refractivity contribution in [2.75, 3.05) is 6.61 Å². The molecule has 0 spiro atoms.